The minimum absolute atomic E-state index is 0.108. The number of nitrogens with zero attached hydrogens (tertiary/aromatic N) is 4. The Morgan fingerprint density at radius 2 is 1.93 bits per heavy atom. The standard InChI is InChI=1S/C20H15N5O2S/c1-21-19(27)17-5-4-14(10-23-17)18(26)8-16-7-15-6-12(20-25-24-11-28-20)2-3-13(15)9-22-16/h2-7,9-11H,8H2,1H3,(H,21,27). The Hall–Kier alpha value is -3.52. The van der Waals surface area contributed by atoms with Crippen molar-refractivity contribution >= 4 is 33.8 Å². The Labute approximate surface area is 164 Å². The summed E-state index contributed by atoms with van der Waals surface area (Å²) in [6.07, 6.45) is 3.33. The topological polar surface area (TPSA) is 97.7 Å². The largest absolute Gasteiger partial charge is 0.354 e. The van der Waals surface area contributed by atoms with Crippen LogP contribution in [-0.2, 0) is 6.42 Å². The summed E-state index contributed by atoms with van der Waals surface area (Å²) in [6.45, 7) is 0. The highest BCUT2D eigenvalue weighted by Gasteiger charge is 2.12. The first-order chi connectivity index (χ1) is 13.6. The smallest absolute Gasteiger partial charge is 0.269 e. The first-order valence-corrected chi connectivity index (χ1v) is 9.38. The van der Waals surface area contributed by atoms with Crippen molar-refractivity contribution in [3.8, 4) is 10.6 Å². The summed E-state index contributed by atoms with van der Waals surface area (Å²) in [7, 11) is 1.53. The molecule has 4 rings (SSSR count). The van der Waals surface area contributed by atoms with Crippen LogP contribution in [0.1, 0.15) is 26.5 Å². The van der Waals surface area contributed by atoms with Crippen LogP contribution in [0, 0.1) is 0 Å². The molecule has 0 unspecified atom stereocenters. The summed E-state index contributed by atoms with van der Waals surface area (Å²) in [5.41, 5.74) is 4.05. The van der Waals surface area contributed by atoms with Crippen molar-refractivity contribution in [1.82, 2.24) is 25.5 Å². The number of hydrogen-bond donors (Lipinski definition) is 1. The van der Waals surface area contributed by atoms with E-state index in [0.717, 1.165) is 21.3 Å². The molecule has 3 aromatic heterocycles. The van der Waals surface area contributed by atoms with Gasteiger partial charge in [-0.3, -0.25) is 19.6 Å². The number of pyridine rings is 2. The quantitative estimate of drug-likeness (QED) is 0.527. The van der Waals surface area contributed by atoms with Gasteiger partial charge in [0.1, 0.15) is 16.2 Å². The van der Waals surface area contributed by atoms with E-state index in [9.17, 15) is 9.59 Å². The molecule has 8 heteroatoms. The fourth-order valence-corrected chi connectivity index (χ4v) is 3.35. The molecule has 0 saturated heterocycles. The number of fused-ring (bicyclic) bond motifs is 1. The second-order valence-corrected chi connectivity index (χ2v) is 6.93. The SMILES string of the molecule is CNC(=O)c1ccc(C(=O)Cc2cc3cc(-c4nncs4)ccc3cn2)cn1. The lowest BCUT2D eigenvalue weighted by Crippen LogP contribution is -2.19. The molecule has 0 aliphatic heterocycles. The van der Waals surface area contributed by atoms with Gasteiger partial charge in [-0.1, -0.05) is 23.5 Å². The molecule has 0 aliphatic carbocycles. The van der Waals surface area contributed by atoms with Crippen molar-refractivity contribution in [3.05, 3.63) is 71.3 Å². The normalized spacial score (nSPS) is 10.8. The third-order valence-corrected chi connectivity index (χ3v) is 5.01. The average molecular weight is 389 g/mol. The lowest BCUT2D eigenvalue weighted by atomic mass is 10.0. The van der Waals surface area contributed by atoms with Gasteiger partial charge >= 0.3 is 0 Å². The molecule has 0 atom stereocenters. The van der Waals surface area contributed by atoms with Crippen LogP contribution in [0.15, 0.2) is 54.3 Å². The van der Waals surface area contributed by atoms with Crippen LogP contribution in [0.3, 0.4) is 0 Å². The summed E-state index contributed by atoms with van der Waals surface area (Å²) in [4.78, 5) is 32.5. The van der Waals surface area contributed by atoms with E-state index in [-0.39, 0.29) is 23.8 Å². The van der Waals surface area contributed by atoms with E-state index < -0.39 is 0 Å². The Morgan fingerprint density at radius 3 is 2.64 bits per heavy atom. The molecule has 1 aromatic carbocycles. The van der Waals surface area contributed by atoms with Gasteiger partial charge in [0.2, 0.25) is 0 Å². The van der Waals surface area contributed by atoms with Crippen LogP contribution in [-0.4, -0.2) is 38.9 Å². The molecule has 0 saturated carbocycles. The molecule has 28 heavy (non-hydrogen) atoms. The van der Waals surface area contributed by atoms with E-state index in [1.54, 1.807) is 17.8 Å². The summed E-state index contributed by atoms with van der Waals surface area (Å²) in [5, 5.41) is 13.3. The summed E-state index contributed by atoms with van der Waals surface area (Å²) in [6, 6.07) is 11.0. The minimum atomic E-state index is -0.290. The average Bonchev–Trinajstić information content (AvgIpc) is 3.27. The molecule has 0 fully saturated rings. The van der Waals surface area contributed by atoms with Crippen molar-refractivity contribution in [1.29, 1.82) is 0 Å². The first kappa shape index (κ1) is 17.9. The van der Waals surface area contributed by atoms with Gasteiger partial charge in [0, 0.05) is 41.6 Å². The second kappa shape index (κ2) is 7.61. The molecule has 3 heterocycles. The fourth-order valence-electron chi connectivity index (χ4n) is 2.80. The third kappa shape index (κ3) is 3.63. The Kier molecular flexibility index (Phi) is 4.86. The number of amides is 1. The number of benzene rings is 1. The zero-order valence-corrected chi connectivity index (χ0v) is 15.7. The van der Waals surface area contributed by atoms with Gasteiger partial charge in [0.15, 0.2) is 5.78 Å². The number of rotatable bonds is 5. The van der Waals surface area contributed by atoms with E-state index >= 15 is 0 Å². The van der Waals surface area contributed by atoms with E-state index in [0.29, 0.717) is 11.3 Å². The van der Waals surface area contributed by atoms with Crippen LogP contribution < -0.4 is 5.32 Å². The monoisotopic (exact) mass is 389 g/mol. The highest BCUT2D eigenvalue weighted by atomic mass is 32.1. The number of hydrogen-bond acceptors (Lipinski definition) is 7. The van der Waals surface area contributed by atoms with Crippen molar-refractivity contribution in [3.63, 3.8) is 0 Å². The van der Waals surface area contributed by atoms with E-state index in [4.69, 9.17) is 0 Å². The number of Topliss-reactive ketones (excluding diaryl/α,β-unsaturated/α-hetero) is 1. The number of carbonyl (C=O) groups is 2. The predicted octanol–water partition coefficient (Wildman–Crippen LogP) is 2.93. The van der Waals surface area contributed by atoms with Crippen LogP contribution in [0.5, 0.6) is 0 Å². The molecular formula is C20H15N5O2S. The second-order valence-electron chi connectivity index (χ2n) is 6.09. The fraction of sp³-hybridized carbons (Fsp3) is 0.100. The predicted molar refractivity (Wildman–Crippen MR) is 106 cm³/mol. The maximum absolute atomic E-state index is 12.6. The molecular weight excluding hydrogens is 374 g/mol. The number of nitrogens with one attached hydrogen (secondary N) is 1. The molecule has 0 aliphatic rings. The highest BCUT2D eigenvalue weighted by molar-refractivity contribution is 7.12. The van der Waals surface area contributed by atoms with E-state index in [2.05, 4.69) is 25.5 Å². The van der Waals surface area contributed by atoms with Gasteiger partial charge in [-0.25, -0.2) is 0 Å². The zero-order chi connectivity index (χ0) is 19.5. The Morgan fingerprint density at radius 1 is 1.04 bits per heavy atom. The molecule has 7 nitrogen and oxygen atoms in total. The Balaban J connectivity index is 1.57. The first-order valence-electron chi connectivity index (χ1n) is 8.50. The maximum atomic E-state index is 12.6. The van der Waals surface area contributed by atoms with Crippen molar-refractivity contribution in [2.24, 2.45) is 0 Å². The molecule has 1 amide bonds. The Bertz CT molecular complexity index is 1160. The molecule has 0 bridgehead atoms. The van der Waals surface area contributed by atoms with Gasteiger partial charge in [-0.2, -0.15) is 0 Å². The lowest BCUT2D eigenvalue weighted by Gasteiger charge is -2.05. The van der Waals surface area contributed by atoms with Gasteiger partial charge in [0.05, 0.1) is 6.42 Å². The summed E-state index contributed by atoms with van der Waals surface area (Å²) >= 11 is 1.47. The summed E-state index contributed by atoms with van der Waals surface area (Å²) in [5.74, 6) is -0.399. The van der Waals surface area contributed by atoms with Gasteiger partial charge < -0.3 is 5.32 Å². The molecule has 138 valence electrons. The van der Waals surface area contributed by atoms with E-state index in [1.807, 2.05) is 24.3 Å². The molecule has 0 spiro atoms. The highest BCUT2D eigenvalue weighted by Crippen LogP contribution is 2.25. The minimum Gasteiger partial charge on any atom is -0.354 e. The van der Waals surface area contributed by atoms with Gasteiger partial charge in [-0.05, 0) is 29.7 Å². The zero-order valence-electron chi connectivity index (χ0n) is 14.9. The van der Waals surface area contributed by atoms with Gasteiger partial charge in [-0.15, -0.1) is 10.2 Å². The maximum Gasteiger partial charge on any atom is 0.269 e. The van der Waals surface area contributed by atoms with Crippen molar-refractivity contribution in [2.45, 2.75) is 6.42 Å². The van der Waals surface area contributed by atoms with Crippen LogP contribution in [0.2, 0.25) is 0 Å². The number of aromatic nitrogens is 4. The third-order valence-electron chi connectivity index (χ3n) is 4.27. The van der Waals surface area contributed by atoms with Crippen LogP contribution >= 0.6 is 11.3 Å². The van der Waals surface area contributed by atoms with Crippen LogP contribution in [0.25, 0.3) is 21.3 Å². The van der Waals surface area contributed by atoms with Crippen molar-refractivity contribution < 1.29 is 9.59 Å². The van der Waals surface area contributed by atoms with Crippen LogP contribution in [0.4, 0.5) is 0 Å². The number of carbonyl (C=O) groups excluding carboxylic acids is 2. The number of ketones is 1. The summed E-state index contributed by atoms with van der Waals surface area (Å²) < 4.78 is 0. The molecule has 4 aromatic rings. The molecule has 0 radical (unpaired) electrons. The van der Waals surface area contributed by atoms with Crippen molar-refractivity contribution in [2.75, 3.05) is 7.05 Å². The van der Waals surface area contributed by atoms with Gasteiger partial charge in [0.25, 0.3) is 5.91 Å². The van der Waals surface area contributed by atoms with E-state index in [1.165, 1.54) is 30.6 Å². The lowest BCUT2D eigenvalue weighted by molar-refractivity contribution is 0.0953. The molecule has 1 N–H and O–H groups in total.